The molecule has 2 fully saturated rings. The third kappa shape index (κ3) is 2.76. The van der Waals surface area contributed by atoms with E-state index in [2.05, 4.69) is 25.5 Å². The van der Waals surface area contributed by atoms with Crippen molar-refractivity contribution >= 4 is 11.8 Å². The van der Waals surface area contributed by atoms with E-state index >= 15 is 0 Å². The van der Waals surface area contributed by atoms with Gasteiger partial charge in [-0.15, -0.1) is 0 Å². The van der Waals surface area contributed by atoms with E-state index in [4.69, 9.17) is 15.6 Å². The molecule has 1 spiro atoms. The highest BCUT2D eigenvalue weighted by Crippen LogP contribution is 2.42. The number of aromatic nitrogens is 2. The second kappa shape index (κ2) is 5.94. The Morgan fingerprint density at radius 2 is 2.33 bits per heavy atom. The topological polar surface area (TPSA) is 53.1 Å². The van der Waals surface area contributed by atoms with E-state index in [-0.39, 0.29) is 11.6 Å². The van der Waals surface area contributed by atoms with Crippen molar-refractivity contribution < 1.29 is 4.74 Å². The molecule has 2 N–H and O–H groups in total. The Labute approximate surface area is 131 Å². The molecule has 2 aliphatic heterocycles. The van der Waals surface area contributed by atoms with E-state index in [1.807, 2.05) is 11.8 Å². The molecule has 3 atom stereocenters. The molecule has 2 saturated heterocycles. The molecule has 3 rings (SSSR count). The van der Waals surface area contributed by atoms with Crippen LogP contribution in [0.3, 0.4) is 0 Å². The number of rotatable bonds is 3. The maximum Gasteiger partial charge on any atom is 0.0800 e. The molecule has 0 radical (unpaired) electrons. The zero-order valence-corrected chi connectivity index (χ0v) is 14.2. The average molecular weight is 309 g/mol. The molecule has 0 amide bonds. The van der Waals surface area contributed by atoms with Crippen molar-refractivity contribution in [1.29, 1.82) is 0 Å². The van der Waals surface area contributed by atoms with Crippen LogP contribution < -0.4 is 5.73 Å². The third-order valence-corrected chi connectivity index (χ3v) is 6.29. The molecular formula is C16H27N3OS. The molecule has 0 saturated carbocycles. The average Bonchev–Trinajstić information content (AvgIpc) is 3.03. The third-order valence-electron chi connectivity index (χ3n) is 5.07. The Morgan fingerprint density at radius 3 is 3.00 bits per heavy atom. The number of aryl methyl sites for hydroxylation is 1. The first kappa shape index (κ1) is 15.4. The van der Waals surface area contributed by atoms with Crippen LogP contribution in [0.25, 0.3) is 0 Å². The number of hydrogen-bond donors (Lipinski definition) is 1. The summed E-state index contributed by atoms with van der Waals surface area (Å²) in [6.07, 6.45) is 4.31. The highest BCUT2D eigenvalue weighted by atomic mass is 32.2. The predicted octanol–water partition coefficient (Wildman–Crippen LogP) is 3.14. The molecule has 3 heterocycles. The van der Waals surface area contributed by atoms with E-state index in [9.17, 15) is 0 Å². The van der Waals surface area contributed by atoms with Gasteiger partial charge in [0.05, 0.1) is 17.3 Å². The summed E-state index contributed by atoms with van der Waals surface area (Å²) in [5, 5.41) is 4.83. The minimum absolute atomic E-state index is 0.104. The smallest absolute Gasteiger partial charge is 0.0800 e. The Kier molecular flexibility index (Phi) is 4.35. The summed E-state index contributed by atoms with van der Waals surface area (Å²) in [5.74, 6) is 2.37. The van der Waals surface area contributed by atoms with Gasteiger partial charge in [0.15, 0.2) is 0 Å². The van der Waals surface area contributed by atoms with Crippen LogP contribution in [0.2, 0.25) is 0 Å². The van der Waals surface area contributed by atoms with Crippen LogP contribution >= 0.6 is 11.8 Å². The summed E-state index contributed by atoms with van der Waals surface area (Å²) in [7, 11) is 0. The fourth-order valence-electron chi connectivity index (χ4n) is 3.85. The molecule has 0 aliphatic carbocycles. The maximum absolute atomic E-state index is 6.27. The lowest BCUT2D eigenvalue weighted by molar-refractivity contribution is -0.0781. The van der Waals surface area contributed by atoms with Gasteiger partial charge in [-0.25, -0.2) is 0 Å². The largest absolute Gasteiger partial charge is 0.374 e. The van der Waals surface area contributed by atoms with Crippen molar-refractivity contribution in [3.63, 3.8) is 0 Å². The number of hydrogen-bond acceptors (Lipinski definition) is 4. The lowest BCUT2D eigenvalue weighted by Gasteiger charge is -2.38. The zero-order chi connectivity index (χ0) is 15.0. The van der Waals surface area contributed by atoms with Crippen LogP contribution in [0.4, 0.5) is 0 Å². The van der Waals surface area contributed by atoms with Crippen molar-refractivity contribution in [1.82, 2.24) is 9.78 Å². The van der Waals surface area contributed by atoms with Gasteiger partial charge in [0.2, 0.25) is 0 Å². The monoisotopic (exact) mass is 309 g/mol. The first-order valence-electron chi connectivity index (χ1n) is 8.09. The minimum atomic E-state index is 0.104. The first-order valence-corrected chi connectivity index (χ1v) is 9.24. The van der Waals surface area contributed by atoms with E-state index in [1.54, 1.807) is 0 Å². The van der Waals surface area contributed by atoms with E-state index in [0.717, 1.165) is 37.3 Å². The van der Waals surface area contributed by atoms with Gasteiger partial charge in [0.1, 0.15) is 0 Å². The van der Waals surface area contributed by atoms with Crippen molar-refractivity contribution in [2.24, 2.45) is 5.73 Å². The maximum atomic E-state index is 6.27. The van der Waals surface area contributed by atoms with Crippen LogP contribution in [0.5, 0.6) is 0 Å². The summed E-state index contributed by atoms with van der Waals surface area (Å²) >= 11 is 2.02. The second-order valence-electron chi connectivity index (χ2n) is 6.52. The standard InChI is InChI=1S/C16H27N3OS/c1-4-14(17)15-11(2)18-19(12(15)3)13-5-7-20-16(9-13)6-8-21-10-16/h13-14H,4-10,17H2,1-3H3. The van der Waals surface area contributed by atoms with Crippen LogP contribution in [0.1, 0.15) is 61.6 Å². The van der Waals surface area contributed by atoms with Gasteiger partial charge in [-0.1, -0.05) is 6.92 Å². The van der Waals surface area contributed by atoms with Crippen LogP contribution in [-0.2, 0) is 4.74 Å². The molecule has 21 heavy (non-hydrogen) atoms. The fourth-order valence-corrected chi connectivity index (χ4v) is 5.22. The van der Waals surface area contributed by atoms with Gasteiger partial charge in [0.25, 0.3) is 0 Å². The summed E-state index contributed by atoms with van der Waals surface area (Å²) in [5.41, 5.74) is 9.99. The van der Waals surface area contributed by atoms with Crippen molar-refractivity contribution in [2.75, 3.05) is 18.1 Å². The molecule has 1 aromatic heterocycles. The summed E-state index contributed by atoms with van der Waals surface area (Å²) in [4.78, 5) is 0. The molecule has 5 heteroatoms. The van der Waals surface area contributed by atoms with E-state index < -0.39 is 0 Å². The molecule has 0 bridgehead atoms. The molecule has 118 valence electrons. The predicted molar refractivity (Wildman–Crippen MR) is 87.8 cm³/mol. The van der Waals surface area contributed by atoms with Gasteiger partial charge >= 0.3 is 0 Å². The van der Waals surface area contributed by atoms with Crippen LogP contribution in [0, 0.1) is 13.8 Å². The SMILES string of the molecule is CCC(N)c1c(C)nn(C2CCOC3(CCSC3)C2)c1C. The minimum Gasteiger partial charge on any atom is -0.374 e. The zero-order valence-electron chi connectivity index (χ0n) is 13.4. The number of thioether (sulfide) groups is 1. The molecule has 2 aliphatic rings. The summed E-state index contributed by atoms with van der Waals surface area (Å²) < 4.78 is 8.38. The molecular weight excluding hydrogens is 282 g/mol. The lowest BCUT2D eigenvalue weighted by atomic mass is 9.89. The number of nitrogens with zero attached hydrogens (tertiary/aromatic N) is 2. The lowest BCUT2D eigenvalue weighted by Crippen LogP contribution is -2.41. The highest BCUT2D eigenvalue weighted by molar-refractivity contribution is 7.99. The van der Waals surface area contributed by atoms with Crippen LogP contribution in [0.15, 0.2) is 0 Å². The Hall–Kier alpha value is -0.520. The van der Waals surface area contributed by atoms with Crippen LogP contribution in [-0.4, -0.2) is 33.5 Å². The van der Waals surface area contributed by atoms with E-state index in [0.29, 0.717) is 6.04 Å². The van der Waals surface area contributed by atoms with Crippen molar-refractivity contribution in [2.45, 2.75) is 64.1 Å². The van der Waals surface area contributed by atoms with Crippen molar-refractivity contribution in [3.8, 4) is 0 Å². The summed E-state index contributed by atoms with van der Waals surface area (Å²) in [6.45, 7) is 7.27. The normalized spacial score (nSPS) is 31.0. The molecule has 0 aromatic carbocycles. The highest BCUT2D eigenvalue weighted by Gasteiger charge is 2.41. The van der Waals surface area contributed by atoms with Gasteiger partial charge in [0, 0.05) is 29.7 Å². The fraction of sp³-hybridized carbons (Fsp3) is 0.812. The number of nitrogens with two attached hydrogens (primary N) is 1. The van der Waals surface area contributed by atoms with Gasteiger partial charge in [-0.3, -0.25) is 4.68 Å². The number of ether oxygens (including phenoxy) is 1. The molecule has 3 unspecified atom stereocenters. The Morgan fingerprint density at radius 1 is 1.52 bits per heavy atom. The molecule has 4 nitrogen and oxygen atoms in total. The Bertz CT molecular complexity index is 508. The van der Waals surface area contributed by atoms with E-state index in [1.165, 1.54) is 23.4 Å². The first-order chi connectivity index (χ1) is 10.1. The van der Waals surface area contributed by atoms with Gasteiger partial charge in [-0.05, 0) is 45.3 Å². The molecule has 1 aromatic rings. The summed E-state index contributed by atoms with van der Waals surface area (Å²) in [6, 6.07) is 0.573. The van der Waals surface area contributed by atoms with Gasteiger partial charge in [-0.2, -0.15) is 16.9 Å². The van der Waals surface area contributed by atoms with Crippen molar-refractivity contribution in [3.05, 3.63) is 17.0 Å². The Balaban J connectivity index is 1.86. The van der Waals surface area contributed by atoms with Gasteiger partial charge < -0.3 is 10.5 Å². The second-order valence-corrected chi connectivity index (χ2v) is 7.63. The quantitative estimate of drug-likeness (QED) is 0.932.